The lowest BCUT2D eigenvalue weighted by molar-refractivity contribution is -0.0861. The summed E-state index contributed by atoms with van der Waals surface area (Å²) in [5, 5.41) is 0. The molecule has 2 atom stereocenters. The van der Waals surface area contributed by atoms with E-state index >= 15 is 0 Å². The van der Waals surface area contributed by atoms with Crippen LogP contribution >= 0.6 is 0 Å². The van der Waals surface area contributed by atoms with Gasteiger partial charge in [0.15, 0.2) is 5.78 Å². The summed E-state index contributed by atoms with van der Waals surface area (Å²) >= 11 is 0. The number of rotatable bonds is 2. The van der Waals surface area contributed by atoms with Gasteiger partial charge >= 0.3 is 6.09 Å². The molecule has 0 radical (unpaired) electrons. The molecular formula is C20H25N3O4. The first-order valence-electron chi connectivity index (χ1n) is 9.39. The molecule has 0 saturated carbocycles. The van der Waals surface area contributed by atoms with Crippen molar-refractivity contribution in [2.24, 2.45) is 5.92 Å². The second-order valence-electron chi connectivity index (χ2n) is 8.33. The largest absolute Gasteiger partial charge is 0.444 e. The fraction of sp³-hybridized carbons (Fsp3) is 0.550. The first-order valence-corrected chi connectivity index (χ1v) is 9.39. The van der Waals surface area contributed by atoms with Crippen LogP contribution in [0.4, 0.5) is 4.79 Å². The summed E-state index contributed by atoms with van der Waals surface area (Å²) in [4.78, 5) is 31.9. The highest BCUT2D eigenvalue weighted by molar-refractivity contribution is 5.97. The van der Waals surface area contributed by atoms with Crippen molar-refractivity contribution in [3.63, 3.8) is 0 Å². The number of nitrogens with zero attached hydrogens (tertiary/aromatic N) is 3. The molecule has 0 aromatic carbocycles. The van der Waals surface area contributed by atoms with E-state index in [1.54, 1.807) is 11.1 Å². The molecule has 2 unspecified atom stereocenters. The van der Waals surface area contributed by atoms with Crippen LogP contribution in [0.2, 0.25) is 0 Å². The molecule has 2 aromatic rings. The molecule has 2 saturated heterocycles. The predicted octanol–water partition coefficient (Wildman–Crippen LogP) is 2.93. The van der Waals surface area contributed by atoms with Crippen LogP contribution in [0.15, 0.2) is 30.6 Å². The van der Waals surface area contributed by atoms with Crippen molar-refractivity contribution in [2.75, 3.05) is 13.2 Å². The van der Waals surface area contributed by atoms with E-state index in [0.717, 1.165) is 5.65 Å². The first-order chi connectivity index (χ1) is 12.8. The Hall–Kier alpha value is -2.41. The highest BCUT2D eigenvalue weighted by Crippen LogP contribution is 2.34. The van der Waals surface area contributed by atoms with Crippen LogP contribution < -0.4 is 0 Å². The topological polar surface area (TPSA) is 73.1 Å². The number of aromatic nitrogens is 2. The van der Waals surface area contributed by atoms with Gasteiger partial charge in [0, 0.05) is 18.3 Å². The molecule has 7 heteroatoms. The molecular weight excluding hydrogens is 346 g/mol. The summed E-state index contributed by atoms with van der Waals surface area (Å²) in [6, 6.07) is 5.30. The van der Waals surface area contributed by atoms with Gasteiger partial charge in [0.1, 0.15) is 11.2 Å². The average molecular weight is 371 g/mol. The maximum absolute atomic E-state index is 13.2. The minimum atomic E-state index is -0.546. The summed E-state index contributed by atoms with van der Waals surface area (Å²) in [5.74, 6) is -0.0464. The fourth-order valence-electron chi connectivity index (χ4n) is 4.10. The molecule has 0 N–H and O–H groups in total. The Labute approximate surface area is 158 Å². The number of hydrogen-bond donors (Lipinski definition) is 0. The Morgan fingerprint density at radius 2 is 1.89 bits per heavy atom. The number of carbonyl (C=O) groups is 2. The zero-order valence-electron chi connectivity index (χ0n) is 15.9. The van der Waals surface area contributed by atoms with Crippen LogP contribution in [-0.4, -0.2) is 57.1 Å². The molecule has 4 heterocycles. The standard InChI is InChI=1S/C20H25N3O4/c1-20(2,3)27-19(25)23-14-9-13(10-15(23)12-26-11-14)18(24)16-5-4-6-17-21-7-8-22(16)17/h4-8,13-15H,9-12H2,1-3H3. The summed E-state index contributed by atoms with van der Waals surface area (Å²) in [5.41, 5.74) is 0.853. The van der Waals surface area contributed by atoms with Gasteiger partial charge in [0.25, 0.3) is 0 Å². The molecule has 7 nitrogen and oxygen atoms in total. The molecule has 2 aliphatic heterocycles. The van der Waals surface area contributed by atoms with Gasteiger partial charge in [0.05, 0.1) is 31.0 Å². The molecule has 27 heavy (non-hydrogen) atoms. The number of pyridine rings is 1. The van der Waals surface area contributed by atoms with Gasteiger partial charge in [-0.3, -0.25) is 14.1 Å². The number of morpholine rings is 1. The number of piperidine rings is 1. The van der Waals surface area contributed by atoms with Crippen LogP contribution in [0.1, 0.15) is 44.1 Å². The second-order valence-corrected chi connectivity index (χ2v) is 8.33. The van der Waals surface area contributed by atoms with E-state index in [-0.39, 0.29) is 29.9 Å². The minimum Gasteiger partial charge on any atom is -0.444 e. The number of imidazole rings is 1. The fourth-order valence-corrected chi connectivity index (χ4v) is 4.10. The quantitative estimate of drug-likeness (QED) is 0.759. The third kappa shape index (κ3) is 3.43. The lowest BCUT2D eigenvalue weighted by Gasteiger charge is -2.47. The lowest BCUT2D eigenvalue weighted by Crippen LogP contribution is -2.60. The molecule has 2 aromatic heterocycles. The molecule has 4 rings (SSSR count). The van der Waals surface area contributed by atoms with Crippen molar-refractivity contribution >= 4 is 17.5 Å². The number of ether oxygens (including phenoxy) is 2. The van der Waals surface area contributed by atoms with Gasteiger partial charge < -0.3 is 9.47 Å². The molecule has 144 valence electrons. The number of hydrogen-bond acceptors (Lipinski definition) is 5. The molecule has 2 bridgehead atoms. The average Bonchev–Trinajstić information content (AvgIpc) is 3.07. The van der Waals surface area contributed by atoms with Gasteiger partial charge in [-0.25, -0.2) is 9.78 Å². The molecule has 2 aliphatic rings. The normalized spacial score (nSPS) is 25.4. The van der Waals surface area contributed by atoms with Crippen molar-refractivity contribution in [1.29, 1.82) is 0 Å². The van der Waals surface area contributed by atoms with Crippen molar-refractivity contribution < 1.29 is 19.1 Å². The van der Waals surface area contributed by atoms with Crippen LogP contribution in [0, 0.1) is 5.92 Å². The summed E-state index contributed by atoms with van der Waals surface area (Å²) < 4.78 is 13.1. The van der Waals surface area contributed by atoms with Crippen LogP contribution in [-0.2, 0) is 9.47 Å². The number of amides is 1. The number of Topliss-reactive ketones (excluding diaryl/α,β-unsaturated/α-hetero) is 1. The van der Waals surface area contributed by atoms with Gasteiger partial charge in [-0.1, -0.05) is 6.07 Å². The number of carbonyl (C=O) groups excluding carboxylic acids is 2. The Morgan fingerprint density at radius 1 is 1.19 bits per heavy atom. The monoisotopic (exact) mass is 371 g/mol. The maximum atomic E-state index is 13.2. The summed E-state index contributed by atoms with van der Waals surface area (Å²) in [6.07, 6.45) is 4.35. The van der Waals surface area contributed by atoms with Crippen molar-refractivity contribution in [3.8, 4) is 0 Å². The van der Waals surface area contributed by atoms with Gasteiger partial charge in [-0.2, -0.15) is 0 Å². The maximum Gasteiger partial charge on any atom is 0.410 e. The third-order valence-corrected chi connectivity index (χ3v) is 5.18. The zero-order valence-corrected chi connectivity index (χ0v) is 15.9. The predicted molar refractivity (Wildman–Crippen MR) is 98.7 cm³/mol. The molecule has 2 fully saturated rings. The SMILES string of the molecule is CC(C)(C)OC(=O)N1C2COCC1CC(C(=O)c1cccc3nccn13)C2. The highest BCUT2D eigenvalue weighted by Gasteiger charge is 2.45. The smallest absolute Gasteiger partial charge is 0.410 e. The highest BCUT2D eigenvalue weighted by atomic mass is 16.6. The lowest BCUT2D eigenvalue weighted by atomic mass is 9.81. The van der Waals surface area contributed by atoms with Gasteiger partial charge in [-0.05, 0) is 45.7 Å². The summed E-state index contributed by atoms with van der Waals surface area (Å²) in [7, 11) is 0. The zero-order chi connectivity index (χ0) is 19.2. The first kappa shape index (κ1) is 18.0. The molecule has 0 aliphatic carbocycles. The van der Waals surface area contributed by atoms with Crippen molar-refractivity contribution in [3.05, 3.63) is 36.3 Å². The number of ketones is 1. The minimum absolute atomic E-state index is 0.0966. The van der Waals surface area contributed by atoms with E-state index in [2.05, 4.69) is 4.98 Å². The Kier molecular flexibility index (Phi) is 4.42. The second kappa shape index (κ2) is 6.64. The van der Waals surface area contributed by atoms with E-state index < -0.39 is 5.60 Å². The number of fused-ring (bicyclic) bond motifs is 3. The van der Waals surface area contributed by atoms with E-state index in [1.165, 1.54) is 0 Å². The van der Waals surface area contributed by atoms with Crippen LogP contribution in [0.5, 0.6) is 0 Å². The van der Waals surface area contributed by atoms with Crippen molar-refractivity contribution in [1.82, 2.24) is 14.3 Å². The van der Waals surface area contributed by atoms with Crippen molar-refractivity contribution in [2.45, 2.75) is 51.3 Å². The molecule has 1 amide bonds. The van der Waals surface area contributed by atoms with Gasteiger partial charge in [-0.15, -0.1) is 0 Å². The summed E-state index contributed by atoms with van der Waals surface area (Å²) in [6.45, 7) is 6.46. The van der Waals surface area contributed by atoms with Crippen LogP contribution in [0.25, 0.3) is 5.65 Å². The Bertz CT molecular complexity index is 855. The molecule has 0 spiro atoms. The Balaban J connectivity index is 1.55. The van der Waals surface area contributed by atoms with E-state index in [1.807, 2.05) is 49.6 Å². The van der Waals surface area contributed by atoms with Gasteiger partial charge in [0.2, 0.25) is 0 Å². The Morgan fingerprint density at radius 3 is 2.56 bits per heavy atom. The van der Waals surface area contributed by atoms with Crippen LogP contribution in [0.3, 0.4) is 0 Å². The van der Waals surface area contributed by atoms with E-state index in [0.29, 0.717) is 31.7 Å². The third-order valence-electron chi connectivity index (χ3n) is 5.18. The van der Waals surface area contributed by atoms with E-state index in [9.17, 15) is 9.59 Å². The van der Waals surface area contributed by atoms with E-state index in [4.69, 9.17) is 9.47 Å².